The normalized spacial score (nSPS) is 25.9. The lowest BCUT2D eigenvalue weighted by atomic mass is 9.93. The Morgan fingerprint density at radius 3 is 2.34 bits per heavy atom. The van der Waals surface area contributed by atoms with Gasteiger partial charge in [0.05, 0.1) is 23.8 Å². The Kier molecular flexibility index (Phi) is 6.33. The van der Waals surface area contributed by atoms with E-state index in [2.05, 4.69) is 14.8 Å². The molecule has 3 saturated heterocycles. The molecular weight excluding hydrogens is 440 g/mol. The third-order valence-electron chi connectivity index (χ3n) is 8.22. The van der Waals surface area contributed by atoms with Gasteiger partial charge in [0.2, 0.25) is 0 Å². The van der Waals surface area contributed by atoms with Crippen molar-refractivity contribution >= 4 is 17.5 Å². The minimum atomic E-state index is -0.252. The molecule has 1 aromatic heterocycles. The largest absolute Gasteiger partial charge is 0.330 e. The molecule has 5 heterocycles. The summed E-state index contributed by atoms with van der Waals surface area (Å²) < 4.78 is 0. The average molecular weight is 477 g/mol. The van der Waals surface area contributed by atoms with Crippen molar-refractivity contribution in [2.24, 2.45) is 0 Å². The second-order valence-electron chi connectivity index (χ2n) is 10.5. The Hall–Kier alpha value is -2.71. The van der Waals surface area contributed by atoms with Crippen molar-refractivity contribution in [3.63, 3.8) is 0 Å². The van der Waals surface area contributed by atoms with Crippen LogP contribution in [-0.4, -0.2) is 69.5 Å². The molecule has 0 saturated carbocycles. The van der Waals surface area contributed by atoms with E-state index in [0.717, 1.165) is 51.1 Å². The number of H-pyrrole nitrogens is 1. The lowest BCUT2D eigenvalue weighted by molar-refractivity contribution is 0.114. The van der Waals surface area contributed by atoms with E-state index in [9.17, 15) is 9.59 Å². The third kappa shape index (κ3) is 4.27. The van der Waals surface area contributed by atoms with Crippen LogP contribution in [0.25, 0.3) is 0 Å². The number of likely N-dealkylation sites (tertiary alicyclic amines) is 2. The van der Waals surface area contributed by atoms with Crippen LogP contribution in [-0.2, 0) is 6.54 Å². The van der Waals surface area contributed by atoms with Gasteiger partial charge in [-0.15, -0.1) is 0 Å². The number of hydrogen-bond acceptors (Lipinski definition) is 5. The summed E-state index contributed by atoms with van der Waals surface area (Å²) in [5.74, 6) is 1.19. The highest BCUT2D eigenvalue weighted by Gasteiger charge is 2.47. The molecule has 1 aromatic carbocycles. The fraction of sp³-hybridized carbons (Fsp3) is 0.593. The Labute approximate surface area is 206 Å². The molecule has 0 aliphatic carbocycles. The number of hydrogen-bond donors (Lipinski definition) is 1. The van der Waals surface area contributed by atoms with E-state index in [1.165, 1.54) is 32.1 Å². The van der Waals surface area contributed by atoms with Gasteiger partial charge in [0.1, 0.15) is 5.82 Å². The molecule has 0 spiro atoms. The molecule has 35 heavy (non-hydrogen) atoms. The number of piperidine rings is 1. The van der Waals surface area contributed by atoms with Crippen LogP contribution in [0.5, 0.6) is 0 Å². The smallest absolute Gasteiger partial charge is 0.315 e. The molecule has 4 aliphatic rings. The molecule has 186 valence electrons. The van der Waals surface area contributed by atoms with Crippen molar-refractivity contribution in [3.05, 3.63) is 52.1 Å². The molecule has 8 nitrogen and oxygen atoms in total. The number of fused-ring (bicyclic) bond motifs is 3. The lowest BCUT2D eigenvalue weighted by Crippen LogP contribution is -2.55. The van der Waals surface area contributed by atoms with Crippen molar-refractivity contribution in [3.8, 4) is 0 Å². The maximum absolute atomic E-state index is 14.1. The molecule has 3 fully saturated rings. The lowest BCUT2D eigenvalue weighted by Gasteiger charge is -2.45. The van der Waals surface area contributed by atoms with Gasteiger partial charge in [0.15, 0.2) is 5.82 Å². The first-order chi connectivity index (χ1) is 17.2. The zero-order chi connectivity index (χ0) is 23.8. The van der Waals surface area contributed by atoms with Crippen molar-refractivity contribution in [1.29, 1.82) is 0 Å². The van der Waals surface area contributed by atoms with E-state index in [4.69, 9.17) is 4.98 Å². The van der Waals surface area contributed by atoms with Gasteiger partial charge in [-0.05, 0) is 76.8 Å². The molecule has 2 amide bonds. The molecule has 8 heteroatoms. The number of para-hydroxylation sites is 1. The number of carbonyl (C=O) groups is 1. The maximum Gasteiger partial charge on any atom is 0.330 e. The second-order valence-corrected chi connectivity index (χ2v) is 10.5. The summed E-state index contributed by atoms with van der Waals surface area (Å²) in [4.78, 5) is 44.6. The van der Waals surface area contributed by atoms with Gasteiger partial charge in [-0.25, -0.2) is 14.7 Å². The number of nitrogens with one attached hydrogen (secondary N) is 1. The molecule has 2 aromatic rings. The van der Waals surface area contributed by atoms with Crippen molar-refractivity contribution in [2.75, 3.05) is 37.6 Å². The van der Waals surface area contributed by atoms with Gasteiger partial charge in [0, 0.05) is 12.6 Å². The van der Waals surface area contributed by atoms with E-state index < -0.39 is 0 Å². The fourth-order valence-electron chi connectivity index (χ4n) is 6.54. The van der Waals surface area contributed by atoms with E-state index >= 15 is 0 Å². The summed E-state index contributed by atoms with van der Waals surface area (Å²) in [5.41, 5.74) is 1.34. The van der Waals surface area contributed by atoms with Crippen LogP contribution < -0.4 is 10.5 Å². The van der Waals surface area contributed by atoms with Crippen LogP contribution in [0.4, 0.5) is 16.3 Å². The quantitative estimate of drug-likeness (QED) is 0.721. The van der Waals surface area contributed by atoms with Crippen molar-refractivity contribution < 1.29 is 4.79 Å². The van der Waals surface area contributed by atoms with Gasteiger partial charge in [0.25, 0.3) is 5.56 Å². The SMILES string of the molecule is O=C1N(c2ccccc2)c2nc(CN3CCCCC3)[nH]c(=O)c2C2C(N3CCCC3)CCCCN12. The number of nitrogens with zero attached hydrogens (tertiary/aromatic N) is 5. The number of amides is 2. The average Bonchev–Trinajstić information content (AvgIpc) is 3.32. The van der Waals surface area contributed by atoms with Crippen LogP contribution in [0, 0.1) is 0 Å². The summed E-state index contributed by atoms with van der Waals surface area (Å²) in [5, 5.41) is 0. The van der Waals surface area contributed by atoms with E-state index in [1.807, 2.05) is 35.2 Å². The summed E-state index contributed by atoms with van der Waals surface area (Å²) >= 11 is 0. The predicted molar refractivity (Wildman–Crippen MR) is 136 cm³/mol. The summed E-state index contributed by atoms with van der Waals surface area (Å²) in [6, 6.07) is 9.55. The first-order valence-corrected chi connectivity index (χ1v) is 13.5. The number of anilines is 2. The summed E-state index contributed by atoms with van der Waals surface area (Å²) in [6.45, 7) is 5.42. The molecule has 6 rings (SSSR count). The highest BCUT2D eigenvalue weighted by molar-refractivity contribution is 6.01. The zero-order valence-corrected chi connectivity index (χ0v) is 20.5. The first-order valence-electron chi connectivity index (χ1n) is 13.5. The van der Waals surface area contributed by atoms with Gasteiger partial charge in [-0.3, -0.25) is 14.6 Å². The van der Waals surface area contributed by atoms with Gasteiger partial charge in [-0.2, -0.15) is 0 Å². The molecule has 2 unspecified atom stereocenters. The van der Waals surface area contributed by atoms with Gasteiger partial charge >= 0.3 is 6.03 Å². The van der Waals surface area contributed by atoms with E-state index in [0.29, 0.717) is 30.3 Å². The molecule has 0 bridgehead atoms. The van der Waals surface area contributed by atoms with E-state index in [-0.39, 0.29) is 23.7 Å². The van der Waals surface area contributed by atoms with Gasteiger partial charge in [-0.1, -0.05) is 31.0 Å². The monoisotopic (exact) mass is 476 g/mol. The number of benzene rings is 1. The summed E-state index contributed by atoms with van der Waals surface area (Å²) in [7, 11) is 0. The van der Waals surface area contributed by atoms with Crippen LogP contribution >= 0.6 is 0 Å². The standard InChI is InChI=1S/C27H36N6O2/c34-26-23-24-21(31-16-9-10-17-31)13-5-8-18-32(24)27(35)33(20-11-3-1-4-12-20)25(23)28-22(29-26)19-30-14-6-2-7-15-30/h1,3-4,11-12,21,24H,2,5-10,13-19H2,(H,28,29,34). The number of aromatic nitrogens is 2. The Morgan fingerprint density at radius 1 is 0.857 bits per heavy atom. The topological polar surface area (TPSA) is 75.8 Å². The van der Waals surface area contributed by atoms with Gasteiger partial charge < -0.3 is 9.88 Å². The van der Waals surface area contributed by atoms with E-state index in [1.54, 1.807) is 4.90 Å². The first kappa shape index (κ1) is 22.7. The fourth-order valence-corrected chi connectivity index (χ4v) is 6.54. The maximum atomic E-state index is 14.1. The number of rotatable bonds is 4. The Balaban J connectivity index is 1.48. The van der Waals surface area contributed by atoms with Crippen molar-refractivity contribution in [2.45, 2.75) is 70.0 Å². The molecule has 2 atom stereocenters. The minimum Gasteiger partial charge on any atom is -0.315 e. The number of urea groups is 1. The van der Waals surface area contributed by atoms with Crippen LogP contribution in [0.2, 0.25) is 0 Å². The third-order valence-corrected chi connectivity index (χ3v) is 8.22. The van der Waals surface area contributed by atoms with Crippen molar-refractivity contribution in [1.82, 2.24) is 24.7 Å². The highest BCUT2D eigenvalue weighted by Crippen LogP contribution is 2.43. The molecule has 0 radical (unpaired) electrons. The van der Waals surface area contributed by atoms with Crippen LogP contribution in [0.1, 0.15) is 68.8 Å². The second kappa shape index (κ2) is 9.74. The molecular formula is C27H36N6O2. The molecule has 4 aliphatic heterocycles. The minimum absolute atomic E-state index is 0.0539. The zero-order valence-electron chi connectivity index (χ0n) is 20.5. The Morgan fingerprint density at radius 2 is 1.57 bits per heavy atom. The van der Waals surface area contributed by atoms with Crippen LogP contribution in [0.3, 0.4) is 0 Å². The van der Waals surface area contributed by atoms with Crippen LogP contribution in [0.15, 0.2) is 35.1 Å². The summed E-state index contributed by atoms with van der Waals surface area (Å²) in [6.07, 6.45) is 9.03. The highest BCUT2D eigenvalue weighted by atomic mass is 16.2. The predicted octanol–water partition coefficient (Wildman–Crippen LogP) is 4.02. The number of aromatic amines is 1. The number of carbonyl (C=O) groups excluding carboxylic acids is 1. The Bertz CT molecular complexity index is 1110. The molecule has 1 N–H and O–H groups in total.